The van der Waals surface area contributed by atoms with Crippen LogP contribution in [-0.2, 0) is 11.2 Å². The number of benzene rings is 1. The van der Waals surface area contributed by atoms with E-state index in [1.807, 2.05) is 0 Å². The average Bonchev–Trinajstić information content (AvgIpc) is 2.29. The number of hydrogen-bond donors (Lipinski definition) is 3. The lowest BCUT2D eigenvalue weighted by atomic mass is 10.1. The molecule has 0 aliphatic rings. The Hall–Kier alpha value is -0.620. The standard InChI is InChI=1S/C11H13BrClNO3/c12-10-4-8(13)2-1-7(10)3-11(17)14-9(5-15)6-16/h1-2,4,9,15-16H,3,5-6H2,(H,14,17). The molecule has 1 rings (SSSR count). The number of hydrogen-bond acceptors (Lipinski definition) is 3. The van der Waals surface area contributed by atoms with Gasteiger partial charge in [0.15, 0.2) is 0 Å². The van der Waals surface area contributed by atoms with Crippen molar-refractivity contribution >= 4 is 33.4 Å². The van der Waals surface area contributed by atoms with Crippen LogP contribution in [0.2, 0.25) is 5.02 Å². The summed E-state index contributed by atoms with van der Waals surface area (Å²) in [6.07, 6.45) is 0.161. The molecule has 0 radical (unpaired) electrons. The second kappa shape index (κ2) is 6.96. The summed E-state index contributed by atoms with van der Waals surface area (Å²) in [5.74, 6) is -0.263. The molecule has 0 atom stereocenters. The van der Waals surface area contributed by atoms with E-state index < -0.39 is 6.04 Å². The lowest BCUT2D eigenvalue weighted by Gasteiger charge is -2.13. The minimum atomic E-state index is -0.617. The van der Waals surface area contributed by atoms with Crippen molar-refractivity contribution in [1.29, 1.82) is 0 Å². The van der Waals surface area contributed by atoms with E-state index in [9.17, 15) is 4.79 Å². The van der Waals surface area contributed by atoms with Gasteiger partial charge in [-0.2, -0.15) is 0 Å². The topological polar surface area (TPSA) is 69.6 Å². The smallest absolute Gasteiger partial charge is 0.224 e. The second-order valence-electron chi connectivity index (χ2n) is 3.54. The SMILES string of the molecule is O=C(Cc1ccc(Cl)cc1Br)NC(CO)CO. The van der Waals surface area contributed by atoms with Crippen LogP contribution < -0.4 is 5.32 Å². The van der Waals surface area contributed by atoms with Crippen LogP contribution in [-0.4, -0.2) is 35.4 Å². The normalized spacial score (nSPS) is 10.6. The van der Waals surface area contributed by atoms with Crippen molar-refractivity contribution < 1.29 is 15.0 Å². The first kappa shape index (κ1) is 14.4. The van der Waals surface area contributed by atoms with Crippen LogP contribution in [0.1, 0.15) is 5.56 Å². The Morgan fingerprint density at radius 2 is 2.06 bits per heavy atom. The minimum Gasteiger partial charge on any atom is -0.394 e. The summed E-state index contributed by atoms with van der Waals surface area (Å²) in [6.45, 7) is -0.575. The van der Waals surface area contributed by atoms with Crippen molar-refractivity contribution in [3.63, 3.8) is 0 Å². The Labute approximate surface area is 113 Å². The molecule has 1 aromatic carbocycles. The van der Waals surface area contributed by atoms with Crippen LogP contribution in [0.5, 0.6) is 0 Å². The number of aliphatic hydroxyl groups excluding tert-OH is 2. The molecular weight excluding hydrogens is 309 g/mol. The Bertz CT molecular complexity index is 396. The van der Waals surface area contributed by atoms with Gasteiger partial charge in [0, 0.05) is 9.50 Å². The van der Waals surface area contributed by atoms with E-state index in [0.717, 1.165) is 10.0 Å². The maximum absolute atomic E-state index is 11.6. The fraction of sp³-hybridized carbons (Fsp3) is 0.364. The molecule has 4 nitrogen and oxygen atoms in total. The average molecular weight is 323 g/mol. The molecular formula is C11H13BrClNO3. The molecule has 0 spiro atoms. The van der Waals surface area contributed by atoms with Crippen molar-refractivity contribution in [2.75, 3.05) is 13.2 Å². The predicted octanol–water partition coefficient (Wildman–Crippen LogP) is 1.11. The third kappa shape index (κ3) is 4.63. The third-order valence-corrected chi connectivity index (χ3v) is 3.15. The molecule has 0 bridgehead atoms. The van der Waals surface area contributed by atoms with Crippen molar-refractivity contribution in [3.8, 4) is 0 Å². The predicted molar refractivity (Wildman–Crippen MR) is 69.0 cm³/mol. The Morgan fingerprint density at radius 1 is 1.41 bits per heavy atom. The highest BCUT2D eigenvalue weighted by molar-refractivity contribution is 9.10. The molecule has 0 fully saturated rings. The van der Waals surface area contributed by atoms with Gasteiger partial charge in [0.1, 0.15) is 0 Å². The molecule has 1 amide bonds. The van der Waals surface area contributed by atoms with Gasteiger partial charge in [-0.1, -0.05) is 33.6 Å². The largest absolute Gasteiger partial charge is 0.394 e. The van der Waals surface area contributed by atoms with Gasteiger partial charge in [-0.15, -0.1) is 0 Å². The highest BCUT2D eigenvalue weighted by atomic mass is 79.9. The molecule has 0 heterocycles. The highest BCUT2D eigenvalue weighted by Gasteiger charge is 2.12. The molecule has 0 aromatic heterocycles. The Balaban J connectivity index is 2.62. The maximum atomic E-state index is 11.6. The van der Waals surface area contributed by atoms with E-state index in [2.05, 4.69) is 21.2 Å². The van der Waals surface area contributed by atoms with Gasteiger partial charge in [-0.05, 0) is 17.7 Å². The zero-order valence-electron chi connectivity index (χ0n) is 8.99. The summed E-state index contributed by atoms with van der Waals surface area (Å²) < 4.78 is 0.754. The summed E-state index contributed by atoms with van der Waals surface area (Å²) in [5.41, 5.74) is 0.793. The zero-order valence-corrected chi connectivity index (χ0v) is 11.3. The molecule has 94 valence electrons. The summed E-state index contributed by atoms with van der Waals surface area (Å²) >= 11 is 9.10. The summed E-state index contributed by atoms with van der Waals surface area (Å²) in [7, 11) is 0. The van der Waals surface area contributed by atoms with Gasteiger partial charge in [0.25, 0.3) is 0 Å². The van der Waals surface area contributed by atoms with E-state index >= 15 is 0 Å². The van der Waals surface area contributed by atoms with Gasteiger partial charge >= 0.3 is 0 Å². The van der Waals surface area contributed by atoms with Crippen molar-refractivity contribution in [2.45, 2.75) is 12.5 Å². The number of nitrogens with one attached hydrogen (secondary N) is 1. The van der Waals surface area contributed by atoms with Gasteiger partial charge in [0.2, 0.25) is 5.91 Å². The number of rotatable bonds is 5. The van der Waals surface area contributed by atoms with Crippen LogP contribution in [0.25, 0.3) is 0 Å². The Kier molecular flexibility index (Phi) is 5.91. The van der Waals surface area contributed by atoms with Gasteiger partial charge in [-0.3, -0.25) is 4.79 Å². The molecule has 0 unspecified atom stereocenters. The molecule has 0 saturated heterocycles. The first-order valence-corrected chi connectivity index (χ1v) is 6.19. The fourth-order valence-electron chi connectivity index (χ4n) is 1.27. The molecule has 6 heteroatoms. The number of aliphatic hydroxyl groups is 2. The van der Waals surface area contributed by atoms with Gasteiger partial charge < -0.3 is 15.5 Å². The van der Waals surface area contributed by atoms with Crippen molar-refractivity contribution in [3.05, 3.63) is 33.3 Å². The quantitative estimate of drug-likeness (QED) is 0.761. The molecule has 0 saturated carbocycles. The molecule has 0 aliphatic heterocycles. The van der Waals surface area contributed by atoms with Crippen LogP contribution in [0.3, 0.4) is 0 Å². The maximum Gasteiger partial charge on any atom is 0.224 e. The van der Waals surface area contributed by atoms with E-state index in [4.69, 9.17) is 21.8 Å². The van der Waals surface area contributed by atoms with E-state index in [1.54, 1.807) is 18.2 Å². The molecule has 3 N–H and O–H groups in total. The summed E-state index contributed by atoms with van der Waals surface area (Å²) in [5, 5.41) is 20.8. The second-order valence-corrected chi connectivity index (χ2v) is 4.83. The zero-order chi connectivity index (χ0) is 12.8. The van der Waals surface area contributed by atoms with Crippen LogP contribution >= 0.6 is 27.5 Å². The molecule has 0 aliphatic carbocycles. The van der Waals surface area contributed by atoms with E-state index in [0.29, 0.717) is 5.02 Å². The Morgan fingerprint density at radius 3 is 2.59 bits per heavy atom. The van der Waals surface area contributed by atoms with Gasteiger partial charge in [0.05, 0.1) is 25.7 Å². The fourth-order valence-corrected chi connectivity index (χ4v) is 2.09. The molecule has 17 heavy (non-hydrogen) atoms. The summed E-state index contributed by atoms with van der Waals surface area (Å²) in [4.78, 5) is 11.6. The number of carbonyl (C=O) groups is 1. The lowest BCUT2D eigenvalue weighted by molar-refractivity contribution is -0.121. The van der Waals surface area contributed by atoms with Crippen LogP contribution in [0.4, 0.5) is 0 Å². The lowest BCUT2D eigenvalue weighted by Crippen LogP contribution is -2.40. The first-order valence-electron chi connectivity index (χ1n) is 5.01. The van der Waals surface area contributed by atoms with Crippen LogP contribution in [0, 0.1) is 0 Å². The summed E-state index contributed by atoms with van der Waals surface area (Å²) in [6, 6.07) is 4.54. The number of amides is 1. The van der Waals surface area contributed by atoms with Crippen LogP contribution in [0.15, 0.2) is 22.7 Å². The van der Waals surface area contributed by atoms with E-state index in [1.165, 1.54) is 0 Å². The van der Waals surface area contributed by atoms with Crippen molar-refractivity contribution in [2.24, 2.45) is 0 Å². The van der Waals surface area contributed by atoms with Crippen molar-refractivity contribution in [1.82, 2.24) is 5.32 Å². The first-order chi connectivity index (χ1) is 8.06. The van der Waals surface area contributed by atoms with Gasteiger partial charge in [-0.25, -0.2) is 0 Å². The monoisotopic (exact) mass is 321 g/mol. The third-order valence-electron chi connectivity index (χ3n) is 2.17. The number of carbonyl (C=O) groups excluding carboxylic acids is 1. The highest BCUT2D eigenvalue weighted by Crippen LogP contribution is 2.21. The molecule has 1 aromatic rings. The van der Waals surface area contributed by atoms with E-state index in [-0.39, 0.29) is 25.5 Å². The number of halogens is 2. The minimum absolute atomic E-state index is 0.161.